The summed E-state index contributed by atoms with van der Waals surface area (Å²) in [5.74, 6) is 0. The van der Waals surface area contributed by atoms with Crippen molar-refractivity contribution in [3.8, 4) is 0 Å². The van der Waals surface area contributed by atoms with E-state index in [9.17, 15) is 4.79 Å². The lowest BCUT2D eigenvalue weighted by Gasteiger charge is -2.19. The van der Waals surface area contributed by atoms with Gasteiger partial charge in [0.2, 0.25) is 0 Å². The molecule has 0 saturated carbocycles. The van der Waals surface area contributed by atoms with Crippen molar-refractivity contribution < 1.29 is 9.53 Å². The van der Waals surface area contributed by atoms with Gasteiger partial charge in [-0.05, 0) is 55.5 Å². The average molecular weight is 320 g/mol. The van der Waals surface area contributed by atoms with Gasteiger partial charge in [0, 0.05) is 6.20 Å². The Morgan fingerprint density at radius 1 is 1.53 bits per heavy atom. The quantitative estimate of drug-likeness (QED) is 0.639. The van der Waals surface area contributed by atoms with E-state index in [0.29, 0.717) is 5.69 Å². The number of aromatic nitrogens is 1. The largest absolute Gasteiger partial charge is 0.444 e. The Morgan fingerprint density at radius 2 is 2.20 bits per heavy atom. The molecule has 0 aliphatic rings. The first-order chi connectivity index (χ1) is 6.88. The first-order valence-electron chi connectivity index (χ1n) is 4.49. The van der Waals surface area contributed by atoms with E-state index in [-0.39, 0.29) is 0 Å². The fourth-order valence-corrected chi connectivity index (χ4v) is 1.37. The third-order valence-electron chi connectivity index (χ3n) is 1.39. The van der Waals surface area contributed by atoms with Gasteiger partial charge < -0.3 is 4.74 Å². The van der Waals surface area contributed by atoms with Gasteiger partial charge in [0.15, 0.2) is 0 Å². The molecule has 1 amide bonds. The third kappa shape index (κ3) is 4.46. The van der Waals surface area contributed by atoms with E-state index in [2.05, 4.69) is 10.3 Å². The molecule has 0 fully saturated rings. The number of pyridine rings is 1. The predicted octanol–water partition coefficient (Wildman–Crippen LogP) is 3.03. The van der Waals surface area contributed by atoms with E-state index in [0.717, 1.165) is 3.70 Å². The molecule has 0 aromatic carbocycles. The van der Waals surface area contributed by atoms with Crippen LogP contribution in [0.2, 0.25) is 0 Å². The first kappa shape index (κ1) is 12.2. The molecule has 0 bridgehead atoms. The van der Waals surface area contributed by atoms with Crippen molar-refractivity contribution in [3.05, 3.63) is 22.0 Å². The zero-order chi connectivity index (χ0) is 11.5. The number of nitrogens with zero attached hydrogens (tertiary/aromatic N) is 1. The summed E-state index contributed by atoms with van der Waals surface area (Å²) in [7, 11) is 0. The summed E-state index contributed by atoms with van der Waals surface area (Å²) >= 11 is 2.05. The Morgan fingerprint density at radius 3 is 2.73 bits per heavy atom. The fraction of sp³-hybridized carbons (Fsp3) is 0.400. The number of halogens is 1. The molecule has 1 heterocycles. The van der Waals surface area contributed by atoms with Crippen molar-refractivity contribution in [2.45, 2.75) is 26.4 Å². The zero-order valence-corrected chi connectivity index (χ0v) is 11.0. The van der Waals surface area contributed by atoms with Crippen molar-refractivity contribution in [1.82, 2.24) is 4.98 Å². The fourth-order valence-electron chi connectivity index (χ4n) is 0.893. The molecule has 0 unspecified atom stereocenters. The molecular formula is C10H13IN2O2. The highest BCUT2D eigenvalue weighted by atomic mass is 127. The van der Waals surface area contributed by atoms with Crippen LogP contribution < -0.4 is 5.32 Å². The Bertz CT molecular complexity index is 361. The monoisotopic (exact) mass is 320 g/mol. The maximum Gasteiger partial charge on any atom is 0.412 e. The van der Waals surface area contributed by atoms with Crippen LogP contribution in [0.3, 0.4) is 0 Å². The molecule has 0 atom stereocenters. The minimum absolute atomic E-state index is 0.464. The van der Waals surface area contributed by atoms with Crippen LogP contribution in [0.4, 0.5) is 10.5 Å². The normalized spacial score (nSPS) is 10.9. The van der Waals surface area contributed by atoms with E-state index in [1.807, 2.05) is 43.4 Å². The van der Waals surface area contributed by atoms with Gasteiger partial charge in [0.05, 0.1) is 5.69 Å². The number of carbonyl (C=O) groups excluding carboxylic acids is 1. The zero-order valence-electron chi connectivity index (χ0n) is 8.87. The number of nitrogens with one attached hydrogen (secondary N) is 1. The molecule has 82 valence electrons. The Balaban J connectivity index is 2.64. The molecule has 0 spiro atoms. The van der Waals surface area contributed by atoms with Crippen molar-refractivity contribution in [1.29, 1.82) is 0 Å². The third-order valence-corrected chi connectivity index (χ3v) is 2.25. The minimum Gasteiger partial charge on any atom is -0.444 e. The first-order valence-corrected chi connectivity index (χ1v) is 5.57. The van der Waals surface area contributed by atoms with Gasteiger partial charge in [-0.15, -0.1) is 0 Å². The molecule has 15 heavy (non-hydrogen) atoms. The second-order valence-electron chi connectivity index (χ2n) is 3.97. The lowest BCUT2D eigenvalue weighted by atomic mass is 10.2. The maximum absolute atomic E-state index is 11.4. The maximum atomic E-state index is 11.4. The molecular weight excluding hydrogens is 307 g/mol. The van der Waals surface area contributed by atoms with Gasteiger partial charge in [-0.25, -0.2) is 9.78 Å². The van der Waals surface area contributed by atoms with Gasteiger partial charge in [0.25, 0.3) is 0 Å². The summed E-state index contributed by atoms with van der Waals surface area (Å²) < 4.78 is 5.85. The van der Waals surface area contributed by atoms with Crippen molar-refractivity contribution in [2.75, 3.05) is 5.32 Å². The molecule has 0 radical (unpaired) electrons. The summed E-state index contributed by atoms with van der Waals surface area (Å²) in [4.78, 5) is 15.5. The number of hydrogen-bond acceptors (Lipinski definition) is 3. The Kier molecular flexibility index (Phi) is 3.90. The molecule has 0 aliphatic heterocycles. The van der Waals surface area contributed by atoms with Gasteiger partial charge in [0.1, 0.15) is 9.30 Å². The predicted molar refractivity (Wildman–Crippen MR) is 66.8 cm³/mol. The van der Waals surface area contributed by atoms with Crippen molar-refractivity contribution in [2.24, 2.45) is 0 Å². The van der Waals surface area contributed by atoms with Crippen LogP contribution in [-0.4, -0.2) is 16.7 Å². The smallest absolute Gasteiger partial charge is 0.412 e. The standard InChI is InChI=1S/C10H13IN2O2/c1-10(2,3)15-9(14)13-7-5-4-6-12-8(7)11/h4-6H,1-3H3,(H,13,14). The van der Waals surface area contributed by atoms with E-state index >= 15 is 0 Å². The molecule has 0 saturated heterocycles. The number of ether oxygens (including phenoxy) is 1. The van der Waals surface area contributed by atoms with Gasteiger partial charge in [-0.1, -0.05) is 0 Å². The van der Waals surface area contributed by atoms with Crippen LogP contribution in [-0.2, 0) is 4.74 Å². The van der Waals surface area contributed by atoms with Crippen LogP contribution in [0.5, 0.6) is 0 Å². The van der Waals surface area contributed by atoms with E-state index in [4.69, 9.17) is 4.74 Å². The van der Waals surface area contributed by atoms with Crippen LogP contribution in [0, 0.1) is 3.70 Å². The molecule has 1 aromatic heterocycles. The summed E-state index contributed by atoms with van der Waals surface area (Å²) in [6, 6.07) is 3.54. The van der Waals surface area contributed by atoms with Crippen LogP contribution in [0.25, 0.3) is 0 Å². The molecule has 5 heteroatoms. The van der Waals surface area contributed by atoms with Crippen LogP contribution in [0.15, 0.2) is 18.3 Å². The average Bonchev–Trinajstić information content (AvgIpc) is 2.05. The van der Waals surface area contributed by atoms with Gasteiger partial charge >= 0.3 is 6.09 Å². The Hall–Kier alpha value is -0.850. The topological polar surface area (TPSA) is 51.2 Å². The van der Waals surface area contributed by atoms with Crippen LogP contribution >= 0.6 is 22.6 Å². The van der Waals surface area contributed by atoms with E-state index in [1.54, 1.807) is 18.3 Å². The number of carbonyl (C=O) groups is 1. The second-order valence-corrected chi connectivity index (χ2v) is 4.99. The lowest BCUT2D eigenvalue weighted by molar-refractivity contribution is 0.0636. The second kappa shape index (κ2) is 4.78. The molecule has 1 rings (SSSR count). The highest BCUT2D eigenvalue weighted by Crippen LogP contribution is 2.15. The number of rotatable bonds is 1. The molecule has 4 nitrogen and oxygen atoms in total. The van der Waals surface area contributed by atoms with E-state index < -0.39 is 11.7 Å². The van der Waals surface area contributed by atoms with E-state index in [1.165, 1.54) is 0 Å². The summed E-state index contributed by atoms with van der Waals surface area (Å²) in [5.41, 5.74) is 0.171. The highest BCUT2D eigenvalue weighted by molar-refractivity contribution is 14.1. The van der Waals surface area contributed by atoms with Gasteiger partial charge in [-0.2, -0.15) is 0 Å². The number of anilines is 1. The van der Waals surface area contributed by atoms with Crippen molar-refractivity contribution >= 4 is 34.4 Å². The van der Waals surface area contributed by atoms with Gasteiger partial charge in [-0.3, -0.25) is 5.32 Å². The summed E-state index contributed by atoms with van der Waals surface area (Å²) in [6.07, 6.45) is 1.20. The molecule has 1 N–H and O–H groups in total. The number of amides is 1. The summed E-state index contributed by atoms with van der Waals surface area (Å²) in [5, 5.41) is 2.64. The lowest BCUT2D eigenvalue weighted by Crippen LogP contribution is -2.27. The highest BCUT2D eigenvalue weighted by Gasteiger charge is 2.16. The number of hydrogen-bond donors (Lipinski definition) is 1. The van der Waals surface area contributed by atoms with Crippen molar-refractivity contribution in [3.63, 3.8) is 0 Å². The SMILES string of the molecule is CC(C)(C)OC(=O)Nc1cccnc1I. The molecule has 0 aliphatic carbocycles. The summed E-state index contributed by atoms with van der Waals surface area (Å²) in [6.45, 7) is 5.46. The molecule has 1 aromatic rings. The minimum atomic E-state index is -0.488. The Labute approximate surface area is 103 Å². The van der Waals surface area contributed by atoms with Crippen LogP contribution in [0.1, 0.15) is 20.8 Å².